The first-order chi connectivity index (χ1) is 14.1. The summed E-state index contributed by atoms with van der Waals surface area (Å²) in [5, 5.41) is 0. The fourth-order valence-electron chi connectivity index (χ4n) is 4.21. The normalized spacial score (nSPS) is 17.7. The summed E-state index contributed by atoms with van der Waals surface area (Å²) >= 11 is 0. The molecule has 0 radical (unpaired) electrons. The van der Waals surface area contributed by atoms with E-state index in [1.165, 1.54) is 5.56 Å². The van der Waals surface area contributed by atoms with Crippen LogP contribution < -0.4 is 5.69 Å². The van der Waals surface area contributed by atoms with Gasteiger partial charge >= 0.3 is 5.69 Å². The van der Waals surface area contributed by atoms with Crippen molar-refractivity contribution in [1.82, 2.24) is 19.8 Å². The van der Waals surface area contributed by atoms with Crippen LogP contribution in [0.1, 0.15) is 30.9 Å². The predicted octanol–water partition coefficient (Wildman–Crippen LogP) is 2.91. The zero-order valence-electron chi connectivity index (χ0n) is 16.9. The van der Waals surface area contributed by atoms with E-state index in [1.807, 2.05) is 29.2 Å². The molecule has 0 aliphatic carbocycles. The summed E-state index contributed by atoms with van der Waals surface area (Å²) in [6, 6.07) is 16.7. The molecular weight excluding hydrogens is 364 g/mol. The van der Waals surface area contributed by atoms with Crippen LogP contribution in [0, 0.1) is 0 Å². The Labute approximate surface area is 170 Å². The lowest BCUT2D eigenvalue weighted by molar-refractivity contribution is -0.135. The van der Waals surface area contributed by atoms with Crippen LogP contribution in [0.15, 0.2) is 53.3 Å². The standard InChI is InChI=1S/C23H28N4O2/c1-17-15-26(16-19-6-3-2-4-7-19)12-13-27(17)22(28)9-5-8-18-10-11-20-21(14-18)25-23(29)24-20/h2-4,6-7,10-11,14,17H,5,8-9,12-13,15-16H2,1H3,(H2,24,25,29)/t17-/m1/s1. The molecule has 1 saturated heterocycles. The molecule has 29 heavy (non-hydrogen) atoms. The highest BCUT2D eigenvalue weighted by molar-refractivity contribution is 5.77. The third kappa shape index (κ3) is 4.77. The molecule has 6 heteroatoms. The van der Waals surface area contributed by atoms with Crippen LogP contribution in [0.5, 0.6) is 0 Å². The molecule has 0 saturated carbocycles. The van der Waals surface area contributed by atoms with Crippen molar-refractivity contribution in [2.24, 2.45) is 0 Å². The molecule has 2 aromatic carbocycles. The maximum absolute atomic E-state index is 12.7. The Morgan fingerprint density at radius 3 is 2.62 bits per heavy atom. The third-order valence-electron chi connectivity index (χ3n) is 5.72. The lowest BCUT2D eigenvalue weighted by Crippen LogP contribution is -2.53. The molecule has 1 atom stereocenters. The molecule has 1 aromatic heterocycles. The number of nitrogens with zero attached hydrogens (tertiary/aromatic N) is 2. The van der Waals surface area contributed by atoms with E-state index < -0.39 is 0 Å². The van der Waals surface area contributed by atoms with E-state index >= 15 is 0 Å². The number of rotatable bonds is 6. The molecule has 1 aliphatic heterocycles. The molecule has 0 bridgehead atoms. The fourth-order valence-corrected chi connectivity index (χ4v) is 4.21. The summed E-state index contributed by atoms with van der Waals surface area (Å²) in [7, 11) is 0. The number of piperazine rings is 1. The Kier molecular flexibility index (Phi) is 5.81. The third-order valence-corrected chi connectivity index (χ3v) is 5.72. The average molecular weight is 393 g/mol. The number of aryl methyl sites for hydroxylation is 1. The molecule has 0 unspecified atom stereocenters. The summed E-state index contributed by atoms with van der Waals surface area (Å²) in [5.41, 5.74) is 3.91. The van der Waals surface area contributed by atoms with Crippen molar-refractivity contribution in [2.45, 2.75) is 38.8 Å². The van der Waals surface area contributed by atoms with Crippen LogP contribution in [0.3, 0.4) is 0 Å². The van der Waals surface area contributed by atoms with E-state index in [1.54, 1.807) is 0 Å². The lowest BCUT2D eigenvalue weighted by atomic mass is 10.1. The highest BCUT2D eigenvalue weighted by Gasteiger charge is 2.26. The number of H-pyrrole nitrogens is 2. The molecule has 3 aromatic rings. The molecule has 2 heterocycles. The quantitative estimate of drug-likeness (QED) is 0.678. The number of fused-ring (bicyclic) bond motifs is 1. The number of aromatic amines is 2. The number of hydrogen-bond donors (Lipinski definition) is 2. The zero-order valence-corrected chi connectivity index (χ0v) is 16.9. The van der Waals surface area contributed by atoms with Gasteiger partial charge in [-0.3, -0.25) is 9.69 Å². The first kappa shape index (κ1) is 19.5. The molecule has 152 valence electrons. The van der Waals surface area contributed by atoms with Crippen molar-refractivity contribution in [1.29, 1.82) is 0 Å². The van der Waals surface area contributed by atoms with Crippen LogP contribution in [0.2, 0.25) is 0 Å². The van der Waals surface area contributed by atoms with Crippen LogP contribution in [0.25, 0.3) is 11.0 Å². The molecule has 0 spiro atoms. The van der Waals surface area contributed by atoms with Crippen LogP contribution >= 0.6 is 0 Å². The van der Waals surface area contributed by atoms with Crippen LogP contribution in [-0.4, -0.2) is 51.4 Å². The monoisotopic (exact) mass is 392 g/mol. The van der Waals surface area contributed by atoms with Gasteiger partial charge in [0.2, 0.25) is 5.91 Å². The van der Waals surface area contributed by atoms with Gasteiger partial charge in [0, 0.05) is 38.6 Å². The summed E-state index contributed by atoms with van der Waals surface area (Å²) in [4.78, 5) is 34.1. The van der Waals surface area contributed by atoms with Gasteiger partial charge in [-0.15, -0.1) is 0 Å². The van der Waals surface area contributed by atoms with Crippen molar-refractivity contribution in [3.8, 4) is 0 Å². The van der Waals surface area contributed by atoms with E-state index in [-0.39, 0.29) is 17.6 Å². The van der Waals surface area contributed by atoms with E-state index in [4.69, 9.17) is 0 Å². The molecule has 6 nitrogen and oxygen atoms in total. The van der Waals surface area contributed by atoms with Gasteiger partial charge < -0.3 is 14.9 Å². The van der Waals surface area contributed by atoms with Crippen molar-refractivity contribution in [3.05, 3.63) is 70.1 Å². The van der Waals surface area contributed by atoms with E-state index in [0.717, 1.165) is 55.6 Å². The Hall–Kier alpha value is -2.86. The number of nitrogens with one attached hydrogen (secondary N) is 2. The van der Waals surface area contributed by atoms with Crippen molar-refractivity contribution < 1.29 is 4.79 Å². The topological polar surface area (TPSA) is 72.2 Å². The van der Waals surface area contributed by atoms with Crippen molar-refractivity contribution >= 4 is 16.9 Å². The van der Waals surface area contributed by atoms with Gasteiger partial charge in [-0.05, 0) is 43.0 Å². The first-order valence-corrected chi connectivity index (χ1v) is 10.3. The van der Waals surface area contributed by atoms with E-state index in [0.29, 0.717) is 6.42 Å². The first-order valence-electron chi connectivity index (χ1n) is 10.3. The summed E-state index contributed by atoms with van der Waals surface area (Å²) in [6.07, 6.45) is 2.21. The maximum Gasteiger partial charge on any atom is 0.323 e. The Balaban J connectivity index is 1.25. The summed E-state index contributed by atoms with van der Waals surface area (Å²) in [5.74, 6) is 0.244. The minimum absolute atomic E-state index is 0.187. The number of aromatic nitrogens is 2. The number of hydrogen-bond acceptors (Lipinski definition) is 3. The minimum Gasteiger partial charge on any atom is -0.337 e. The number of benzene rings is 2. The van der Waals surface area contributed by atoms with Gasteiger partial charge in [-0.25, -0.2) is 4.79 Å². The molecule has 1 aliphatic rings. The molecule has 1 fully saturated rings. The summed E-state index contributed by atoms with van der Waals surface area (Å²) < 4.78 is 0. The smallest absolute Gasteiger partial charge is 0.323 e. The number of carbonyl (C=O) groups excluding carboxylic acids is 1. The van der Waals surface area contributed by atoms with Gasteiger partial charge in [0.15, 0.2) is 0 Å². The van der Waals surface area contributed by atoms with Gasteiger partial charge in [0.1, 0.15) is 0 Å². The van der Waals surface area contributed by atoms with Gasteiger partial charge in [-0.2, -0.15) is 0 Å². The van der Waals surface area contributed by atoms with Crippen molar-refractivity contribution in [2.75, 3.05) is 19.6 Å². The SMILES string of the molecule is C[C@@H]1CN(Cc2ccccc2)CCN1C(=O)CCCc1ccc2[nH]c(=O)[nH]c2c1. The van der Waals surface area contributed by atoms with Gasteiger partial charge in [0.05, 0.1) is 11.0 Å². The Morgan fingerprint density at radius 2 is 1.83 bits per heavy atom. The van der Waals surface area contributed by atoms with E-state index in [9.17, 15) is 9.59 Å². The average Bonchev–Trinajstić information content (AvgIpc) is 3.08. The molecular formula is C23H28N4O2. The Bertz CT molecular complexity index is 1020. The maximum atomic E-state index is 12.7. The minimum atomic E-state index is -0.187. The second-order valence-corrected chi connectivity index (χ2v) is 7.97. The van der Waals surface area contributed by atoms with Crippen LogP contribution in [-0.2, 0) is 17.8 Å². The molecule has 1 amide bonds. The zero-order chi connectivity index (χ0) is 20.2. The lowest BCUT2D eigenvalue weighted by Gasteiger charge is -2.40. The number of amides is 1. The second kappa shape index (κ2) is 8.66. The second-order valence-electron chi connectivity index (χ2n) is 7.97. The van der Waals surface area contributed by atoms with Gasteiger partial charge in [0.25, 0.3) is 0 Å². The predicted molar refractivity (Wildman–Crippen MR) is 115 cm³/mol. The fraction of sp³-hybridized carbons (Fsp3) is 0.391. The van der Waals surface area contributed by atoms with E-state index in [2.05, 4.69) is 46.1 Å². The Morgan fingerprint density at radius 1 is 1.03 bits per heavy atom. The largest absolute Gasteiger partial charge is 0.337 e. The highest BCUT2D eigenvalue weighted by Crippen LogP contribution is 2.16. The van der Waals surface area contributed by atoms with Gasteiger partial charge in [-0.1, -0.05) is 36.4 Å². The molecule has 4 rings (SSSR count). The van der Waals surface area contributed by atoms with Crippen molar-refractivity contribution in [3.63, 3.8) is 0 Å². The molecule has 2 N–H and O–H groups in total. The summed E-state index contributed by atoms with van der Waals surface area (Å²) in [6.45, 7) is 5.71. The number of imidazole rings is 1. The number of carbonyl (C=O) groups is 1. The highest BCUT2D eigenvalue weighted by atomic mass is 16.2. The van der Waals surface area contributed by atoms with Crippen LogP contribution in [0.4, 0.5) is 0 Å².